The molecular formula is C12H13BrN4O2. The number of nitrogen functional groups attached to an aromatic ring is 1. The van der Waals surface area contributed by atoms with Crippen molar-refractivity contribution in [1.29, 1.82) is 0 Å². The zero-order valence-corrected chi connectivity index (χ0v) is 11.8. The van der Waals surface area contributed by atoms with Gasteiger partial charge in [0, 0.05) is 0 Å². The van der Waals surface area contributed by atoms with Crippen LogP contribution in [0.3, 0.4) is 0 Å². The Morgan fingerprint density at radius 3 is 2.79 bits per heavy atom. The molecule has 0 aliphatic rings. The topological polar surface area (TPSA) is 82.3 Å². The second-order valence-electron chi connectivity index (χ2n) is 3.70. The van der Waals surface area contributed by atoms with E-state index in [0.29, 0.717) is 22.7 Å². The van der Waals surface area contributed by atoms with E-state index in [1.54, 1.807) is 12.4 Å². The van der Waals surface area contributed by atoms with Crippen molar-refractivity contribution in [2.75, 3.05) is 18.2 Å². The van der Waals surface area contributed by atoms with Crippen molar-refractivity contribution in [3.63, 3.8) is 0 Å². The molecule has 7 heteroatoms. The summed E-state index contributed by atoms with van der Waals surface area (Å²) in [5, 5.41) is 3.09. The highest BCUT2D eigenvalue weighted by molar-refractivity contribution is 9.10. The lowest BCUT2D eigenvalue weighted by Crippen LogP contribution is -2.00. The monoisotopic (exact) mass is 324 g/mol. The van der Waals surface area contributed by atoms with Crippen LogP contribution in [0.4, 0.5) is 17.2 Å². The van der Waals surface area contributed by atoms with E-state index in [0.717, 1.165) is 11.3 Å². The van der Waals surface area contributed by atoms with Crippen molar-refractivity contribution in [3.05, 3.63) is 40.8 Å². The molecule has 0 fully saturated rings. The lowest BCUT2D eigenvalue weighted by molar-refractivity contribution is -0.282. The SMILES string of the molecule is COOCc1ccc(Nc2cnc(Br)cn2)c(N)c1. The predicted molar refractivity (Wildman–Crippen MR) is 75.7 cm³/mol. The van der Waals surface area contributed by atoms with Gasteiger partial charge in [-0.2, -0.15) is 0 Å². The summed E-state index contributed by atoms with van der Waals surface area (Å²) >= 11 is 3.23. The van der Waals surface area contributed by atoms with Crippen LogP contribution in [0.25, 0.3) is 0 Å². The van der Waals surface area contributed by atoms with Gasteiger partial charge in [-0.3, -0.25) is 0 Å². The Hall–Kier alpha value is -1.70. The summed E-state index contributed by atoms with van der Waals surface area (Å²) in [4.78, 5) is 17.6. The molecule has 3 N–H and O–H groups in total. The zero-order chi connectivity index (χ0) is 13.7. The summed E-state index contributed by atoms with van der Waals surface area (Å²) in [7, 11) is 1.46. The largest absolute Gasteiger partial charge is 0.397 e. The molecule has 0 bridgehead atoms. The molecule has 0 aliphatic carbocycles. The summed E-state index contributed by atoms with van der Waals surface area (Å²) in [6, 6.07) is 5.56. The van der Waals surface area contributed by atoms with E-state index in [4.69, 9.17) is 10.6 Å². The molecule has 0 unspecified atom stereocenters. The first-order valence-corrected chi connectivity index (χ1v) is 6.27. The Morgan fingerprint density at radius 1 is 1.32 bits per heavy atom. The average Bonchev–Trinajstić information content (AvgIpc) is 2.41. The van der Waals surface area contributed by atoms with Crippen molar-refractivity contribution in [2.24, 2.45) is 0 Å². The minimum Gasteiger partial charge on any atom is -0.397 e. The van der Waals surface area contributed by atoms with Crippen LogP contribution in [0, 0.1) is 0 Å². The molecule has 0 amide bonds. The summed E-state index contributed by atoms with van der Waals surface area (Å²) in [5.41, 5.74) is 8.24. The van der Waals surface area contributed by atoms with Crippen molar-refractivity contribution in [1.82, 2.24) is 9.97 Å². The minimum atomic E-state index is 0.346. The Labute approximate surface area is 119 Å². The van der Waals surface area contributed by atoms with Crippen LogP contribution >= 0.6 is 15.9 Å². The number of hydrogen-bond donors (Lipinski definition) is 2. The van der Waals surface area contributed by atoms with E-state index in [-0.39, 0.29) is 0 Å². The van der Waals surface area contributed by atoms with Crippen LogP contribution in [-0.2, 0) is 16.4 Å². The van der Waals surface area contributed by atoms with Crippen molar-refractivity contribution >= 4 is 33.1 Å². The lowest BCUT2D eigenvalue weighted by Gasteiger charge is -2.10. The fourth-order valence-electron chi connectivity index (χ4n) is 1.46. The molecule has 6 nitrogen and oxygen atoms in total. The Bertz CT molecular complexity index is 548. The van der Waals surface area contributed by atoms with Gasteiger partial charge in [-0.25, -0.2) is 19.7 Å². The standard InChI is InChI=1S/C12H13BrN4O2/c1-18-19-7-8-2-3-10(9(14)4-8)17-12-6-15-11(13)5-16-12/h2-6H,7,14H2,1H3,(H,16,17). The third-order valence-electron chi connectivity index (χ3n) is 2.34. The first-order chi connectivity index (χ1) is 9.19. The molecule has 1 heterocycles. The Balaban J connectivity index is 2.10. The maximum atomic E-state index is 5.95. The quantitative estimate of drug-likeness (QED) is 0.500. The van der Waals surface area contributed by atoms with Crippen molar-refractivity contribution < 1.29 is 9.78 Å². The molecule has 0 saturated heterocycles. The van der Waals surface area contributed by atoms with Crippen LogP contribution in [-0.4, -0.2) is 17.1 Å². The van der Waals surface area contributed by atoms with Gasteiger partial charge < -0.3 is 11.1 Å². The molecule has 2 rings (SSSR count). The first-order valence-electron chi connectivity index (χ1n) is 5.47. The van der Waals surface area contributed by atoms with Gasteiger partial charge in [-0.1, -0.05) is 6.07 Å². The molecular weight excluding hydrogens is 312 g/mol. The summed E-state index contributed by atoms with van der Waals surface area (Å²) in [5.74, 6) is 0.621. The Kier molecular flexibility index (Phi) is 4.67. The molecule has 0 saturated carbocycles. The highest BCUT2D eigenvalue weighted by Crippen LogP contribution is 2.23. The minimum absolute atomic E-state index is 0.346. The van der Waals surface area contributed by atoms with E-state index >= 15 is 0 Å². The molecule has 0 spiro atoms. The molecule has 1 aromatic heterocycles. The fraction of sp³-hybridized carbons (Fsp3) is 0.167. The molecule has 0 aliphatic heterocycles. The highest BCUT2D eigenvalue weighted by atomic mass is 79.9. The molecule has 1 aromatic carbocycles. The predicted octanol–water partition coefficient (Wildman–Crippen LogP) is 2.64. The maximum absolute atomic E-state index is 5.95. The lowest BCUT2D eigenvalue weighted by atomic mass is 10.2. The molecule has 0 atom stereocenters. The van der Waals surface area contributed by atoms with Gasteiger partial charge in [0.2, 0.25) is 0 Å². The van der Waals surface area contributed by atoms with E-state index in [9.17, 15) is 0 Å². The number of nitrogens with zero attached hydrogens (tertiary/aromatic N) is 2. The number of benzene rings is 1. The van der Waals surface area contributed by atoms with Gasteiger partial charge >= 0.3 is 0 Å². The number of nitrogens with one attached hydrogen (secondary N) is 1. The van der Waals surface area contributed by atoms with E-state index in [1.165, 1.54) is 7.11 Å². The van der Waals surface area contributed by atoms with E-state index in [1.807, 2.05) is 18.2 Å². The van der Waals surface area contributed by atoms with Gasteiger partial charge in [0.15, 0.2) is 0 Å². The summed E-state index contributed by atoms with van der Waals surface area (Å²) in [6.07, 6.45) is 3.23. The maximum Gasteiger partial charge on any atom is 0.149 e. The zero-order valence-electron chi connectivity index (χ0n) is 10.3. The highest BCUT2D eigenvalue weighted by Gasteiger charge is 2.03. The number of aromatic nitrogens is 2. The number of nitrogens with two attached hydrogens (primary N) is 1. The van der Waals surface area contributed by atoms with Crippen LogP contribution in [0.5, 0.6) is 0 Å². The van der Waals surface area contributed by atoms with Crippen molar-refractivity contribution in [2.45, 2.75) is 6.61 Å². The van der Waals surface area contributed by atoms with E-state index in [2.05, 4.69) is 36.1 Å². The van der Waals surface area contributed by atoms with Crippen LogP contribution in [0.2, 0.25) is 0 Å². The molecule has 2 aromatic rings. The van der Waals surface area contributed by atoms with Crippen LogP contribution < -0.4 is 11.1 Å². The van der Waals surface area contributed by atoms with Gasteiger partial charge in [0.05, 0.1) is 30.9 Å². The van der Waals surface area contributed by atoms with E-state index < -0.39 is 0 Å². The van der Waals surface area contributed by atoms with Crippen molar-refractivity contribution in [3.8, 4) is 0 Å². The number of anilines is 3. The van der Waals surface area contributed by atoms with Gasteiger partial charge in [0.25, 0.3) is 0 Å². The second-order valence-corrected chi connectivity index (χ2v) is 4.51. The van der Waals surface area contributed by atoms with Gasteiger partial charge in [0.1, 0.15) is 17.0 Å². The fourth-order valence-corrected chi connectivity index (χ4v) is 1.66. The third-order valence-corrected chi connectivity index (χ3v) is 2.75. The Morgan fingerprint density at radius 2 is 2.16 bits per heavy atom. The summed E-state index contributed by atoms with van der Waals surface area (Å²) < 4.78 is 0.679. The van der Waals surface area contributed by atoms with Gasteiger partial charge in [-0.05, 0) is 33.6 Å². The smallest absolute Gasteiger partial charge is 0.149 e. The normalized spacial score (nSPS) is 10.4. The first kappa shape index (κ1) is 13.7. The van der Waals surface area contributed by atoms with Crippen LogP contribution in [0.1, 0.15) is 5.56 Å². The molecule has 0 radical (unpaired) electrons. The van der Waals surface area contributed by atoms with Gasteiger partial charge in [-0.15, -0.1) is 0 Å². The third kappa shape index (κ3) is 3.88. The number of hydrogen-bond acceptors (Lipinski definition) is 6. The second kappa shape index (κ2) is 6.46. The average molecular weight is 325 g/mol. The summed E-state index contributed by atoms with van der Waals surface area (Å²) in [6.45, 7) is 0.346. The molecule has 19 heavy (non-hydrogen) atoms. The number of halogens is 1. The molecule has 100 valence electrons. The van der Waals surface area contributed by atoms with Crippen LogP contribution in [0.15, 0.2) is 35.2 Å². The number of rotatable bonds is 5.